The maximum atomic E-state index is 10.1. The summed E-state index contributed by atoms with van der Waals surface area (Å²) >= 11 is 0. The molecule has 0 bridgehead atoms. The molecule has 0 aliphatic rings. The molecule has 0 atom stereocenters. The molecular formula is C5H11MoNO2. The zero-order valence-corrected chi connectivity index (χ0v) is 7.63. The van der Waals surface area contributed by atoms with Crippen molar-refractivity contribution < 1.29 is 31.0 Å². The minimum Gasteiger partial charge on any atom is -0.465 e. The molecule has 1 amide bonds. The van der Waals surface area contributed by atoms with Gasteiger partial charge < -0.3 is 10.0 Å². The van der Waals surface area contributed by atoms with Gasteiger partial charge in [0.25, 0.3) is 0 Å². The van der Waals surface area contributed by atoms with Crippen molar-refractivity contribution in [3.63, 3.8) is 0 Å². The molecule has 0 aliphatic heterocycles. The Morgan fingerprint density at radius 2 is 1.78 bits per heavy atom. The van der Waals surface area contributed by atoms with E-state index in [2.05, 4.69) is 0 Å². The molecule has 0 saturated carbocycles. The molecule has 0 unspecified atom stereocenters. The Morgan fingerprint density at radius 3 is 1.78 bits per heavy atom. The van der Waals surface area contributed by atoms with Crippen molar-refractivity contribution in [2.45, 2.75) is 13.8 Å². The molecule has 0 aromatic heterocycles. The van der Waals surface area contributed by atoms with E-state index in [1.165, 1.54) is 4.90 Å². The first-order valence-electron chi connectivity index (χ1n) is 2.70. The summed E-state index contributed by atoms with van der Waals surface area (Å²) < 4.78 is 0. The van der Waals surface area contributed by atoms with Crippen molar-refractivity contribution in [3.8, 4) is 0 Å². The summed E-state index contributed by atoms with van der Waals surface area (Å²) in [5.74, 6) is 0. The largest absolute Gasteiger partial charge is 0.465 e. The van der Waals surface area contributed by atoms with Gasteiger partial charge in [0.1, 0.15) is 0 Å². The van der Waals surface area contributed by atoms with E-state index in [0.29, 0.717) is 13.1 Å². The van der Waals surface area contributed by atoms with Gasteiger partial charge in [-0.15, -0.1) is 0 Å². The summed E-state index contributed by atoms with van der Waals surface area (Å²) in [6.07, 6.45) is -0.838. The predicted molar refractivity (Wildman–Crippen MR) is 30.9 cm³/mol. The third-order valence-corrected chi connectivity index (χ3v) is 1.03. The molecule has 0 spiro atoms. The van der Waals surface area contributed by atoms with Gasteiger partial charge in [0.15, 0.2) is 0 Å². The molecule has 9 heavy (non-hydrogen) atoms. The Bertz CT molecular complexity index is 83.0. The molecule has 1 N–H and O–H groups in total. The van der Waals surface area contributed by atoms with Crippen molar-refractivity contribution in [1.29, 1.82) is 0 Å². The number of carbonyl (C=O) groups is 1. The van der Waals surface area contributed by atoms with Crippen LogP contribution in [-0.4, -0.2) is 29.2 Å². The molecule has 0 radical (unpaired) electrons. The predicted octanol–water partition coefficient (Wildman–Crippen LogP) is 1.00. The summed E-state index contributed by atoms with van der Waals surface area (Å²) in [5, 5.41) is 8.30. The number of rotatable bonds is 2. The van der Waals surface area contributed by atoms with Crippen LogP contribution in [0.1, 0.15) is 13.8 Å². The van der Waals surface area contributed by atoms with Gasteiger partial charge in [-0.2, -0.15) is 0 Å². The molecule has 0 heterocycles. The fourth-order valence-electron chi connectivity index (χ4n) is 0.494. The van der Waals surface area contributed by atoms with Gasteiger partial charge in [0.05, 0.1) is 0 Å². The number of hydrogen-bond donors (Lipinski definition) is 1. The fourth-order valence-corrected chi connectivity index (χ4v) is 0.494. The average molecular weight is 213 g/mol. The standard InChI is InChI=1S/C5H11NO2.Mo/c1-3-6(4-2)5(7)8;/h3-4H2,1-2H3,(H,7,8);. The monoisotopic (exact) mass is 215 g/mol. The van der Waals surface area contributed by atoms with Crippen LogP contribution in [0, 0.1) is 0 Å². The number of carboxylic acid groups (broad SMARTS) is 1. The van der Waals surface area contributed by atoms with Crippen LogP contribution in [-0.2, 0) is 21.1 Å². The minimum atomic E-state index is -0.838. The Hall–Kier alpha value is -0.0417. The van der Waals surface area contributed by atoms with Gasteiger partial charge in [-0.1, -0.05) is 0 Å². The second-order valence-electron chi connectivity index (χ2n) is 1.45. The molecule has 0 aliphatic carbocycles. The maximum absolute atomic E-state index is 10.1. The summed E-state index contributed by atoms with van der Waals surface area (Å²) in [7, 11) is 0. The van der Waals surface area contributed by atoms with Crippen molar-refractivity contribution in [3.05, 3.63) is 0 Å². The third-order valence-electron chi connectivity index (χ3n) is 1.03. The first-order chi connectivity index (χ1) is 3.72. The first-order valence-corrected chi connectivity index (χ1v) is 2.70. The normalized spacial score (nSPS) is 7.78. The SMILES string of the molecule is CCN(CC)C(=O)O.[Mo]. The first kappa shape index (κ1) is 11.7. The van der Waals surface area contributed by atoms with Gasteiger partial charge in [-0.05, 0) is 13.8 Å². The Kier molecular flexibility index (Phi) is 7.92. The van der Waals surface area contributed by atoms with Crippen LogP contribution in [0.15, 0.2) is 0 Å². The number of nitrogens with zero attached hydrogens (tertiary/aromatic N) is 1. The Balaban J connectivity index is 0. The topological polar surface area (TPSA) is 40.5 Å². The molecule has 0 saturated heterocycles. The van der Waals surface area contributed by atoms with E-state index in [1.54, 1.807) is 0 Å². The molecule has 54 valence electrons. The van der Waals surface area contributed by atoms with E-state index < -0.39 is 6.09 Å². The van der Waals surface area contributed by atoms with Crippen molar-refractivity contribution >= 4 is 6.09 Å². The van der Waals surface area contributed by atoms with Crippen LogP contribution in [0.4, 0.5) is 4.79 Å². The molecule has 0 rings (SSSR count). The van der Waals surface area contributed by atoms with E-state index in [0.717, 1.165) is 0 Å². The fraction of sp³-hybridized carbons (Fsp3) is 0.800. The van der Waals surface area contributed by atoms with E-state index >= 15 is 0 Å². The minimum absolute atomic E-state index is 0. The number of hydrogen-bond acceptors (Lipinski definition) is 1. The van der Waals surface area contributed by atoms with E-state index in [4.69, 9.17) is 5.11 Å². The molecule has 0 fully saturated rings. The van der Waals surface area contributed by atoms with Crippen LogP contribution in [0.3, 0.4) is 0 Å². The van der Waals surface area contributed by atoms with Crippen molar-refractivity contribution in [1.82, 2.24) is 4.90 Å². The molecule has 4 heteroatoms. The third kappa shape index (κ3) is 4.46. The van der Waals surface area contributed by atoms with Gasteiger partial charge in [-0.3, -0.25) is 0 Å². The second-order valence-corrected chi connectivity index (χ2v) is 1.45. The summed E-state index contributed by atoms with van der Waals surface area (Å²) in [6, 6.07) is 0. The van der Waals surface area contributed by atoms with E-state index in [1.807, 2.05) is 13.8 Å². The Labute approximate surface area is 69.3 Å². The maximum Gasteiger partial charge on any atom is 0.407 e. The Morgan fingerprint density at radius 1 is 1.44 bits per heavy atom. The second kappa shape index (κ2) is 6.08. The zero-order chi connectivity index (χ0) is 6.57. The van der Waals surface area contributed by atoms with Crippen molar-refractivity contribution in [2.24, 2.45) is 0 Å². The quantitative estimate of drug-likeness (QED) is 0.695. The van der Waals surface area contributed by atoms with Gasteiger partial charge in [0.2, 0.25) is 0 Å². The summed E-state index contributed by atoms with van der Waals surface area (Å²) in [5.41, 5.74) is 0. The molecule has 0 aromatic carbocycles. The van der Waals surface area contributed by atoms with Crippen LogP contribution in [0.5, 0.6) is 0 Å². The van der Waals surface area contributed by atoms with Crippen molar-refractivity contribution in [2.75, 3.05) is 13.1 Å². The molecule has 0 aromatic rings. The van der Waals surface area contributed by atoms with E-state index in [9.17, 15) is 4.79 Å². The van der Waals surface area contributed by atoms with E-state index in [-0.39, 0.29) is 21.1 Å². The zero-order valence-electron chi connectivity index (χ0n) is 5.63. The van der Waals surface area contributed by atoms with Crippen LogP contribution >= 0.6 is 0 Å². The molecular weight excluding hydrogens is 202 g/mol. The smallest absolute Gasteiger partial charge is 0.407 e. The van der Waals surface area contributed by atoms with Gasteiger partial charge in [0, 0.05) is 34.2 Å². The summed E-state index contributed by atoms with van der Waals surface area (Å²) in [4.78, 5) is 11.4. The molecule has 3 nitrogen and oxygen atoms in total. The summed E-state index contributed by atoms with van der Waals surface area (Å²) in [6.45, 7) is 4.78. The number of amides is 1. The average Bonchev–Trinajstić information content (AvgIpc) is 1.69. The van der Waals surface area contributed by atoms with Crippen LogP contribution in [0.2, 0.25) is 0 Å². The van der Waals surface area contributed by atoms with Crippen LogP contribution in [0.25, 0.3) is 0 Å². The van der Waals surface area contributed by atoms with Gasteiger partial charge >= 0.3 is 6.09 Å². The van der Waals surface area contributed by atoms with Crippen LogP contribution < -0.4 is 0 Å². The van der Waals surface area contributed by atoms with Gasteiger partial charge in [-0.25, -0.2) is 4.79 Å².